The molecule has 4 saturated heterocycles. The van der Waals surface area contributed by atoms with E-state index in [0.717, 1.165) is 86.9 Å². The number of urea groups is 1. The van der Waals surface area contributed by atoms with E-state index in [2.05, 4.69) is 48.7 Å². The van der Waals surface area contributed by atoms with Crippen LogP contribution in [-0.4, -0.2) is 101 Å². The van der Waals surface area contributed by atoms with Crippen LogP contribution in [-0.2, 0) is 9.59 Å². The van der Waals surface area contributed by atoms with Gasteiger partial charge in [-0.3, -0.25) is 19.8 Å². The Balaban J connectivity index is 0.738. The van der Waals surface area contributed by atoms with Crippen LogP contribution in [0.25, 0.3) is 16.7 Å². The standard InChI is InChI=1S/C51H64FN11O4/c1-2-5-35-30-60(44(47(54)55)26-42(53)38-6-3-4-7-45(38)64)22-23-61(35)34-10-11-41(52)43(25-34)58-17-12-33(13-18-58)49(66)59-20-15-51(16-21-59)27-37(28-51)63-31-40(32-8-9-32)39-24-36(29-56-48(39)63)62-19-14-46(65)57-50(62)67/h3-4,6-7,10-11,24-26,29,31-33,35,37,64H,2,5,8-9,12-23,27-28,30,53-55H2,1H3,(H,57,65,67)/b42-26-. The highest BCUT2D eigenvalue weighted by Gasteiger charge is 2.48. The molecule has 16 heteroatoms. The summed E-state index contributed by atoms with van der Waals surface area (Å²) in [5, 5.41) is 13.9. The number of carbonyl (C=O) groups is 3. The van der Waals surface area contributed by atoms with Crippen molar-refractivity contribution in [2.75, 3.05) is 67.1 Å². The Morgan fingerprint density at radius 2 is 1.69 bits per heavy atom. The Morgan fingerprint density at radius 1 is 0.925 bits per heavy atom. The number of benzene rings is 2. The summed E-state index contributed by atoms with van der Waals surface area (Å²) in [6.07, 6.45) is 15.8. The highest BCUT2D eigenvalue weighted by molar-refractivity contribution is 6.06. The number of nitrogens with one attached hydrogen (secondary N) is 1. The van der Waals surface area contributed by atoms with Gasteiger partial charge in [0, 0.05) is 105 Å². The third-order valence-electron chi connectivity index (χ3n) is 15.6. The fraction of sp³-hybridized carbons (Fsp3) is 0.490. The van der Waals surface area contributed by atoms with Gasteiger partial charge in [-0.1, -0.05) is 25.5 Å². The number of allylic oxidation sites excluding steroid dienone is 1. The molecule has 4 aliphatic heterocycles. The number of fused-ring (bicyclic) bond motifs is 1. The minimum absolute atomic E-state index is 0.0709. The first-order chi connectivity index (χ1) is 32.4. The Morgan fingerprint density at radius 3 is 2.39 bits per heavy atom. The summed E-state index contributed by atoms with van der Waals surface area (Å²) in [5.74, 6) is 0.411. The van der Waals surface area contributed by atoms with E-state index in [1.54, 1.807) is 41.4 Å². The molecule has 6 fully saturated rings. The quantitative estimate of drug-likeness (QED) is 0.104. The molecule has 2 aromatic heterocycles. The van der Waals surface area contributed by atoms with Crippen LogP contribution in [0.4, 0.5) is 26.2 Å². The van der Waals surface area contributed by atoms with Crippen LogP contribution in [0, 0.1) is 17.2 Å². The first-order valence-corrected chi connectivity index (χ1v) is 24.4. The molecule has 2 saturated carbocycles. The van der Waals surface area contributed by atoms with Crippen LogP contribution in [0.5, 0.6) is 5.75 Å². The van der Waals surface area contributed by atoms with Crippen molar-refractivity contribution in [3.63, 3.8) is 0 Å². The predicted molar refractivity (Wildman–Crippen MR) is 258 cm³/mol. The van der Waals surface area contributed by atoms with Crippen molar-refractivity contribution in [3.05, 3.63) is 95.5 Å². The number of nitrogens with two attached hydrogens (primary N) is 3. The number of likely N-dealkylation sites (tertiary alicyclic amines) is 1. The van der Waals surface area contributed by atoms with E-state index in [9.17, 15) is 19.5 Å². The number of anilines is 3. The molecule has 354 valence electrons. The third kappa shape index (κ3) is 8.70. The number of aromatic hydroxyl groups is 1. The van der Waals surface area contributed by atoms with Crippen LogP contribution in [0.15, 0.2) is 78.5 Å². The summed E-state index contributed by atoms with van der Waals surface area (Å²) in [7, 11) is 0. The van der Waals surface area contributed by atoms with Crippen LogP contribution in [0.3, 0.4) is 0 Å². The molecule has 10 rings (SSSR count). The Kier molecular flexibility index (Phi) is 11.9. The molecule has 67 heavy (non-hydrogen) atoms. The van der Waals surface area contributed by atoms with Gasteiger partial charge < -0.3 is 46.5 Å². The molecule has 1 atom stereocenters. The minimum atomic E-state index is -0.395. The smallest absolute Gasteiger partial charge is 0.328 e. The monoisotopic (exact) mass is 914 g/mol. The zero-order valence-electron chi connectivity index (χ0n) is 38.5. The number of aromatic nitrogens is 2. The number of imide groups is 1. The average molecular weight is 914 g/mol. The van der Waals surface area contributed by atoms with Crippen LogP contribution in [0.1, 0.15) is 101 Å². The number of nitrogens with zero attached hydrogens (tertiary/aromatic N) is 7. The van der Waals surface area contributed by atoms with Gasteiger partial charge in [-0.2, -0.15) is 0 Å². The highest BCUT2D eigenvalue weighted by atomic mass is 19.1. The fourth-order valence-corrected chi connectivity index (χ4v) is 11.7. The Labute approximate surface area is 391 Å². The lowest BCUT2D eigenvalue weighted by Gasteiger charge is -2.53. The SMILES string of the molecule is CCCC1CN(C(/C=C(\N)c2ccccc2O)=C(N)N)CCN1c1ccc(F)c(N2CCC(C(=O)N3CCC4(CC3)CC(n3cc(C5CC5)c5cc(N6CCC(=O)NC6=O)cnc53)C4)CC2)c1. The lowest BCUT2D eigenvalue weighted by Crippen LogP contribution is -2.53. The minimum Gasteiger partial charge on any atom is -0.507 e. The summed E-state index contributed by atoms with van der Waals surface area (Å²) in [4.78, 5) is 53.6. The number of hydrogen-bond donors (Lipinski definition) is 5. The van der Waals surface area contributed by atoms with E-state index in [4.69, 9.17) is 22.2 Å². The molecule has 2 aliphatic carbocycles. The summed E-state index contributed by atoms with van der Waals surface area (Å²) >= 11 is 0. The van der Waals surface area contributed by atoms with E-state index in [-0.39, 0.29) is 53.0 Å². The first kappa shape index (κ1) is 44.4. The van der Waals surface area contributed by atoms with Gasteiger partial charge in [-0.05, 0) is 117 Å². The van der Waals surface area contributed by atoms with Crippen molar-refractivity contribution in [2.45, 2.75) is 95.6 Å². The van der Waals surface area contributed by atoms with E-state index < -0.39 is 6.03 Å². The number of phenols is 1. The number of phenolic OH excluding ortho intramolecular Hbond substituents is 1. The van der Waals surface area contributed by atoms with Crippen LogP contribution in [0.2, 0.25) is 0 Å². The van der Waals surface area contributed by atoms with E-state index in [1.165, 1.54) is 5.56 Å². The lowest BCUT2D eigenvalue weighted by molar-refractivity contribution is -0.140. The number of pyridine rings is 1. The van der Waals surface area contributed by atoms with Gasteiger partial charge in [-0.15, -0.1) is 0 Å². The molecular formula is C51H64FN11O4. The topological polar surface area (TPSA) is 196 Å². The van der Waals surface area contributed by atoms with Gasteiger partial charge in [0.25, 0.3) is 0 Å². The maximum atomic E-state index is 15.7. The summed E-state index contributed by atoms with van der Waals surface area (Å²) in [6.45, 7) is 7.21. The average Bonchev–Trinajstić information content (AvgIpc) is 4.10. The van der Waals surface area contributed by atoms with E-state index >= 15 is 4.39 Å². The largest absolute Gasteiger partial charge is 0.507 e. The number of halogens is 1. The summed E-state index contributed by atoms with van der Waals surface area (Å²) in [6, 6.07) is 14.5. The lowest BCUT2D eigenvalue weighted by atomic mass is 9.60. The molecular weight excluding hydrogens is 850 g/mol. The van der Waals surface area contributed by atoms with Crippen molar-refractivity contribution in [2.24, 2.45) is 28.5 Å². The van der Waals surface area contributed by atoms with Gasteiger partial charge >= 0.3 is 6.03 Å². The molecule has 8 N–H and O–H groups in total. The summed E-state index contributed by atoms with van der Waals surface area (Å²) < 4.78 is 18.1. The normalized spacial score (nSPS) is 21.8. The second kappa shape index (κ2) is 18.0. The molecule has 15 nitrogen and oxygen atoms in total. The third-order valence-corrected chi connectivity index (χ3v) is 15.6. The van der Waals surface area contributed by atoms with Gasteiger partial charge in [0.1, 0.15) is 23.0 Å². The first-order valence-electron chi connectivity index (χ1n) is 24.4. The number of piperidine rings is 2. The Bertz CT molecular complexity index is 2610. The molecule has 1 unspecified atom stereocenters. The number of hydrogen-bond acceptors (Lipinski definition) is 11. The molecule has 2 aromatic carbocycles. The molecule has 4 aromatic rings. The molecule has 6 aliphatic rings. The Hall–Kier alpha value is -6.45. The van der Waals surface area contributed by atoms with Gasteiger partial charge in [0.05, 0.1) is 23.3 Å². The fourth-order valence-electron chi connectivity index (χ4n) is 11.7. The van der Waals surface area contributed by atoms with Crippen molar-refractivity contribution in [1.29, 1.82) is 0 Å². The molecule has 4 amide bonds. The van der Waals surface area contributed by atoms with Gasteiger partial charge in [-0.25, -0.2) is 14.2 Å². The highest BCUT2D eigenvalue weighted by Crippen LogP contribution is 2.56. The van der Waals surface area contributed by atoms with Crippen LogP contribution >= 0.6 is 0 Å². The zero-order chi connectivity index (χ0) is 46.6. The van der Waals surface area contributed by atoms with Crippen molar-refractivity contribution in [3.8, 4) is 5.75 Å². The second-order valence-electron chi connectivity index (χ2n) is 19.9. The molecule has 6 heterocycles. The number of amides is 4. The van der Waals surface area contributed by atoms with Gasteiger partial charge in [0.15, 0.2) is 0 Å². The maximum absolute atomic E-state index is 15.7. The summed E-state index contributed by atoms with van der Waals surface area (Å²) in [5.41, 5.74) is 25.1. The predicted octanol–water partition coefficient (Wildman–Crippen LogP) is 6.44. The zero-order valence-corrected chi connectivity index (χ0v) is 38.5. The van der Waals surface area contributed by atoms with Crippen molar-refractivity contribution >= 4 is 51.6 Å². The number of rotatable bonds is 11. The molecule has 1 spiro atoms. The second-order valence-corrected chi connectivity index (χ2v) is 19.9. The van der Waals surface area contributed by atoms with Crippen LogP contribution < -0.4 is 37.2 Å². The molecule has 0 radical (unpaired) electrons. The van der Waals surface area contributed by atoms with Crippen molar-refractivity contribution < 1.29 is 23.9 Å². The number of carbonyl (C=O) groups excluding carboxylic acids is 3. The number of para-hydroxylation sites is 1. The van der Waals surface area contributed by atoms with E-state index in [0.29, 0.717) is 86.7 Å². The van der Waals surface area contributed by atoms with Crippen molar-refractivity contribution in [1.82, 2.24) is 24.7 Å². The van der Waals surface area contributed by atoms with E-state index in [1.807, 2.05) is 18.2 Å². The number of piperazine rings is 1. The maximum Gasteiger partial charge on any atom is 0.328 e. The van der Waals surface area contributed by atoms with Gasteiger partial charge in [0.2, 0.25) is 11.8 Å². The molecule has 0 bridgehead atoms.